The van der Waals surface area contributed by atoms with Crippen LogP contribution in [0.2, 0.25) is 0 Å². The third kappa shape index (κ3) is 3.12. The maximum atomic E-state index is 10.3. The predicted octanol–water partition coefficient (Wildman–Crippen LogP) is 0.791. The van der Waals surface area contributed by atoms with E-state index in [-0.39, 0.29) is 5.92 Å². The molecule has 0 spiro atoms. The lowest BCUT2D eigenvalue weighted by atomic mass is 9.95. The second-order valence-corrected chi connectivity index (χ2v) is 7.71. The predicted molar refractivity (Wildman–Crippen MR) is 105 cm³/mol. The molecule has 6 atom stereocenters. The summed E-state index contributed by atoms with van der Waals surface area (Å²) < 4.78 is 11.5. The zero-order valence-electron chi connectivity index (χ0n) is 15.4. The normalized spacial score (nSPS) is 32.6. The van der Waals surface area contributed by atoms with E-state index in [4.69, 9.17) is 21.1 Å². The number of halogens is 1. The van der Waals surface area contributed by atoms with Crippen molar-refractivity contribution in [1.82, 2.24) is 0 Å². The van der Waals surface area contributed by atoms with Crippen LogP contribution < -0.4 is 9.64 Å². The average Bonchev–Trinajstić information content (AvgIpc) is 3.04. The lowest BCUT2D eigenvalue weighted by Crippen LogP contribution is -2.60. The first-order chi connectivity index (χ1) is 13.5. The Morgan fingerprint density at radius 1 is 1.14 bits per heavy atom. The molecule has 1 saturated heterocycles. The molecule has 7 nitrogen and oxygen atoms in total. The van der Waals surface area contributed by atoms with Gasteiger partial charge in [-0.15, -0.1) is 11.6 Å². The summed E-state index contributed by atoms with van der Waals surface area (Å²) in [5.41, 5.74) is 2.15. The molecule has 8 heteroatoms. The Morgan fingerprint density at radius 2 is 1.86 bits per heavy atom. The van der Waals surface area contributed by atoms with Crippen molar-refractivity contribution in [3.05, 3.63) is 35.9 Å². The molecule has 0 saturated carbocycles. The van der Waals surface area contributed by atoms with Gasteiger partial charge >= 0.3 is 0 Å². The van der Waals surface area contributed by atoms with Gasteiger partial charge in [-0.25, -0.2) is 0 Å². The molecule has 4 N–H and O–H groups in total. The number of fused-ring (bicyclic) bond motifs is 3. The van der Waals surface area contributed by atoms with Crippen LogP contribution in [-0.2, 0) is 4.74 Å². The van der Waals surface area contributed by atoms with Gasteiger partial charge in [0, 0.05) is 42.5 Å². The second-order valence-electron chi connectivity index (χ2n) is 7.40. The van der Waals surface area contributed by atoms with Gasteiger partial charge < -0.3 is 34.8 Å². The molecule has 2 aromatic rings. The number of anilines is 1. The Bertz CT molecular complexity index is 862. The summed E-state index contributed by atoms with van der Waals surface area (Å²) in [6.45, 7) is 0.294. The van der Waals surface area contributed by atoms with Gasteiger partial charge in [-0.3, -0.25) is 0 Å². The Hall–Kier alpha value is -1.61. The van der Waals surface area contributed by atoms with Crippen molar-refractivity contribution in [2.45, 2.75) is 36.6 Å². The van der Waals surface area contributed by atoms with Crippen molar-refractivity contribution < 1.29 is 29.9 Å². The maximum absolute atomic E-state index is 10.3. The Labute approximate surface area is 167 Å². The van der Waals surface area contributed by atoms with Gasteiger partial charge in [0.2, 0.25) is 6.29 Å². The number of rotatable bonds is 4. The molecule has 0 aliphatic carbocycles. The molecular weight excluding hydrogens is 386 g/mol. The number of nitrogens with zero attached hydrogens (tertiary/aromatic N) is 1. The number of aliphatic hydroxyl groups is 4. The van der Waals surface area contributed by atoms with Gasteiger partial charge in [-0.1, -0.05) is 24.3 Å². The van der Waals surface area contributed by atoms with Crippen LogP contribution in [0.25, 0.3) is 10.8 Å². The zero-order chi connectivity index (χ0) is 20.0. The molecule has 0 radical (unpaired) electrons. The maximum Gasteiger partial charge on any atom is 0.229 e. The SMILES string of the molecule is CN1CC(CCl)c2c1cc(OC1OC(CO)C(O)C(O)C1O)c1ccccc21. The first-order valence-electron chi connectivity index (χ1n) is 9.26. The summed E-state index contributed by atoms with van der Waals surface area (Å²) in [5.74, 6) is 1.20. The summed E-state index contributed by atoms with van der Waals surface area (Å²) in [5, 5.41) is 41.5. The topological polar surface area (TPSA) is 103 Å². The Kier molecular flexibility index (Phi) is 5.39. The standard InChI is InChI=1S/C20H24ClNO6/c1-22-8-10(7-21)16-12-5-3-2-4-11(12)14(6-13(16)22)27-20-19(26)18(25)17(24)15(9-23)28-20/h2-6,10,15,17-20,23-26H,7-9H2,1H3. The van der Waals surface area contributed by atoms with E-state index in [2.05, 4.69) is 4.90 Å². The first-order valence-corrected chi connectivity index (χ1v) is 9.79. The van der Waals surface area contributed by atoms with E-state index in [1.807, 2.05) is 37.4 Å². The third-order valence-electron chi connectivity index (χ3n) is 5.62. The van der Waals surface area contributed by atoms with Crippen molar-refractivity contribution in [2.75, 3.05) is 31.0 Å². The highest BCUT2D eigenvalue weighted by atomic mass is 35.5. The molecule has 1 fully saturated rings. The molecule has 6 unspecified atom stereocenters. The van der Waals surface area contributed by atoms with E-state index in [0.29, 0.717) is 11.6 Å². The van der Waals surface area contributed by atoms with Crippen LogP contribution in [0.5, 0.6) is 5.75 Å². The summed E-state index contributed by atoms with van der Waals surface area (Å²) in [7, 11) is 1.98. The van der Waals surface area contributed by atoms with Crippen LogP contribution in [0.15, 0.2) is 30.3 Å². The zero-order valence-corrected chi connectivity index (χ0v) is 16.2. The fraction of sp³-hybridized carbons (Fsp3) is 0.500. The first kappa shape index (κ1) is 19.7. The van der Waals surface area contributed by atoms with Gasteiger partial charge in [-0.05, 0) is 10.9 Å². The molecular formula is C20H24ClNO6. The Morgan fingerprint density at radius 3 is 2.54 bits per heavy atom. The number of hydrogen-bond donors (Lipinski definition) is 4. The number of likely N-dealkylation sites (N-methyl/N-ethyl adjacent to an activating group) is 1. The minimum atomic E-state index is -1.49. The lowest BCUT2D eigenvalue weighted by molar-refractivity contribution is -0.277. The van der Waals surface area contributed by atoms with Crippen molar-refractivity contribution in [2.24, 2.45) is 0 Å². The van der Waals surface area contributed by atoms with Gasteiger partial charge in [0.25, 0.3) is 0 Å². The van der Waals surface area contributed by atoms with Gasteiger partial charge in [0.15, 0.2) is 0 Å². The molecule has 2 aliphatic heterocycles. The van der Waals surface area contributed by atoms with Crippen LogP contribution in [0.1, 0.15) is 11.5 Å². The van der Waals surface area contributed by atoms with E-state index in [0.717, 1.165) is 28.6 Å². The molecule has 28 heavy (non-hydrogen) atoms. The highest BCUT2D eigenvalue weighted by Gasteiger charge is 2.45. The smallest absolute Gasteiger partial charge is 0.229 e. The molecule has 2 heterocycles. The van der Waals surface area contributed by atoms with Gasteiger partial charge in [0.05, 0.1) is 6.61 Å². The molecule has 152 valence electrons. The van der Waals surface area contributed by atoms with Crippen molar-refractivity contribution >= 4 is 28.1 Å². The minimum absolute atomic E-state index is 0.202. The molecule has 2 aliphatic rings. The monoisotopic (exact) mass is 409 g/mol. The van der Waals surface area contributed by atoms with Gasteiger partial charge in [-0.2, -0.15) is 0 Å². The van der Waals surface area contributed by atoms with E-state index >= 15 is 0 Å². The van der Waals surface area contributed by atoms with E-state index in [1.165, 1.54) is 0 Å². The Balaban J connectivity index is 1.75. The van der Waals surface area contributed by atoms with Crippen molar-refractivity contribution in [3.8, 4) is 5.75 Å². The minimum Gasteiger partial charge on any atom is -0.461 e. The quantitative estimate of drug-likeness (QED) is 0.554. The summed E-state index contributed by atoms with van der Waals surface area (Å²) in [6, 6.07) is 9.64. The number of hydrogen-bond acceptors (Lipinski definition) is 7. The van der Waals surface area contributed by atoms with E-state index in [1.54, 1.807) is 0 Å². The summed E-state index contributed by atoms with van der Waals surface area (Å²) in [4.78, 5) is 2.11. The molecule has 0 aromatic heterocycles. The molecule has 2 aromatic carbocycles. The average molecular weight is 410 g/mol. The highest BCUT2D eigenvalue weighted by molar-refractivity contribution is 6.18. The molecule has 4 rings (SSSR count). The van der Waals surface area contributed by atoms with Crippen molar-refractivity contribution in [3.63, 3.8) is 0 Å². The molecule has 0 bridgehead atoms. The van der Waals surface area contributed by atoms with Crippen LogP contribution in [0.4, 0.5) is 5.69 Å². The van der Waals surface area contributed by atoms with E-state index in [9.17, 15) is 20.4 Å². The van der Waals surface area contributed by atoms with E-state index < -0.39 is 37.3 Å². The van der Waals surface area contributed by atoms with Crippen LogP contribution >= 0.6 is 11.6 Å². The second kappa shape index (κ2) is 7.67. The van der Waals surface area contributed by atoms with Crippen LogP contribution in [0, 0.1) is 0 Å². The lowest BCUT2D eigenvalue weighted by Gasteiger charge is -2.39. The largest absolute Gasteiger partial charge is 0.461 e. The fourth-order valence-corrected chi connectivity index (χ4v) is 4.38. The van der Waals surface area contributed by atoms with Crippen LogP contribution in [-0.4, -0.2) is 77.2 Å². The number of ether oxygens (including phenoxy) is 2. The summed E-state index contributed by atoms with van der Waals surface area (Å²) in [6.07, 6.45) is -6.62. The third-order valence-corrected chi connectivity index (χ3v) is 5.99. The number of benzene rings is 2. The van der Waals surface area contributed by atoms with Crippen molar-refractivity contribution in [1.29, 1.82) is 0 Å². The number of alkyl halides is 1. The molecule has 0 amide bonds. The highest BCUT2D eigenvalue weighted by Crippen LogP contribution is 2.45. The van der Waals surface area contributed by atoms with Crippen LogP contribution in [0.3, 0.4) is 0 Å². The number of aliphatic hydroxyl groups excluding tert-OH is 4. The fourth-order valence-electron chi connectivity index (χ4n) is 4.13. The van der Waals surface area contributed by atoms with Gasteiger partial charge in [0.1, 0.15) is 30.2 Å². The summed E-state index contributed by atoms with van der Waals surface area (Å²) >= 11 is 6.19.